The second-order valence-electron chi connectivity index (χ2n) is 8.71. The van der Waals surface area contributed by atoms with Crippen LogP contribution in [0.1, 0.15) is 40.7 Å². The molecule has 1 saturated heterocycles. The van der Waals surface area contributed by atoms with Gasteiger partial charge in [-0.15, -0.1) is 0 Å². The number of nitrogens with one attached hydrogen (secondary N) is 1. The number of pyridine rings is 1. The van der Waals surface area contributed by atoms with Crippen LogP contribution in [0.3, 0.4) is 0 Å². The van der Waals surface area contributed by atoms with Gasteiger partial charge in [0.2, 0.25) is 0 Å². The standard InChI is InChI=1S/C28H33N3O2/c32-28(26-13-16-29-21-27(26)33-22-25-9-5-2-6-10-25)30-17-20-31-18-14-24(15-19-31)12-11-23-7-3-1-4-8-23/h1-10,13,16,21,24H,11-12,14-15,17-20,22H2,(H,30,32). The van der Waals surface area contributed by atoms with Crippen molar-refractivity contribution in [3.63, 3.8) is 0 Å². The summed E-state index contributed by atoms with van der Waals surface area (Å²) in [7, 11) is 0. The summed E-state index contributed by atoms with van der Waals surface area (Å²) in [6.45, 7) is 4.13. The van der Waals surface area contributed by atoms with Gasteiger partial charge in [0.15, 0.2) is 5.75 Å². The van der Waals surface area contributed by atoms with Crippen molar-refractivity contribution in [2.75, 3.05) is 26.2 Å². The van der Waals surface area contributed by atoms with Crippen molar-refractivity contribution in [2.45, 2.75) is 32.3 Å². The highest BCUT2D eigenvalue weighted by atomic mass is 16.5. The third-order valence-corrected chi connectivity index (χ3v) is 6.37. The number of benzene rings is 2. The number of likely N-dealkylation sites (tertiary alicyclic amines) is 1. The van der Waals surface area contributed by atoms with E-state index in [-0.39, 0.29) is 5.91 Å². The number of rotatable bonds is 10. The normalized spacial score (nSPS) is 14.7. The first-order chi connectivity index (χ1) is 16.3. The van der Waals surface area contributed by atoms with Crippen molar-refractivity contribution < 1.29 is 9.53 Å². The number of carbonyl (C=O) groups is 1. The van der Waals surface area contributed by atoms with Crippen molar-refractivity contribution in [2.24, 2.45) is 5.92 Å². The smallest absolute Gasteiger partial charge is 0.255 e. The second kappa shape index (κ2) is 12.2. The van der Waals surface area contributed by atoms with Crippen LogP contribution in [0.5, 0.6) is 5.75 Å². The minimum atomic E-state index is -0.113. The van der Waals surface area contributed by atoms with E-state index in [4.69, 9.17) is 4.74 Å². The summed E-state index contributed by atoms with van der Waals surface area (Å²) in [5.41, 5.74) is 3.02. The Morgan fingerprint density at radius 3 is 2.39 bits per heavy atom. The SMILES string of the molecule is O=C(NCCN1CCC(CCc2ccccc2)CC1)c1ccncc1OCc1ccccc1. The lowest BCUT2D eigenvalue weighted by Gasteiger charge is -2.32. The van der Waals surface area contributed by atoms with Gasteiger partial charge < -0.3 is 15.0 Å². The highest BCUT2D eigenvalue weighted by molar-refractivity contribution is 5.96. The predicted octanol–water partition coefficient (Wildman–Crippen LogP) is 4.74. The van der Waals surface area contributed by atoms with E-state index in [9.17, 15) is 4.79 Å². The van der Waals surface area contributed by atoms with Crippen molar-refractivity contribution in [1.82, 2.24) is 15.2 Å². The fraction of sp³-hybridized carbons (Fsp3) is 0.357. The molecule has 172 valence electrons. The zero-order valence-corrected chi connectivity index (χ0v) is 19.2. The molecule has 2 aromatic carbocycles. The summed E-state index contributed by atoms with van der Waals surface area (Å²) in [5.74, 6) is 1.20. The zero-order chi connectivity index (χ0) is 22.7. The molecule has 0 bridgehead atoms. The van der Waals surface area contributed by atoms with E-state index in [0.717, 1.165) is 31.1 Å². The van der Waals surface area contributed by atoms with E-state index in [1.807, 2.05) is 30.3 Å². The van der Waals surface area contributed by atoms with E-state index in [1.165, 1.54) is 31.2 Å². The van der Waals surface area contributed by atoms with Crippen molar-refractivity contribution >= 4 is 5.91 Å². The van der Waals surface area contributed by atoms with Crippen LogP contribution < -0.4 is 10.1 Å². The molecule has 4 rings (SSSR count). The van der Waals surface area contributed by atoms with Crippen LogP contribution in [-0.2, 0) is 13.0 Å². The van der Waals surface area contributed by atoms with Crippen LogP contribution in [0.15, 0.2) is 79.1 Å². The minimum absolute atomic E-state index is 0.113. The number of amides is 1. The van der Waals surface area contributed by atoms with E-state index >= 15 is 0 Å². The van der Waals surface area contributed by atoms with Gasteiger partial charge in [0, 0.05) is 19.3 Å². The molecule has 5 heteroatoms. The Bertz CT molecular complexity index is 986. The minimum Gasteiger partial charge on any atom is -0.486 e. The quantitative estimate of drug-likeness (QED) is 0.492. The Hall–Kier alpha value is -3.18. The molecule has 1 aliphatic heterocycles. The first kappa shape index (κ1) is 23.0. The highest BCUT2D eigenvalue weighted by Crippen LogP contribution is 2.22. The van der Waals surface area contributed by atoms with Gasteiger partial charge in [-0.05, 0) is 61.9 Å². The summed E-state index contributed by atoms with van der Waals surface area (Å²) < 4.78 is 5.87. The van der Waals surface area contributed by atoms with Gasteiger partial charge in [-0.3, -0.25) is 9.78 Å². The summed E-state index contributed by atoms with van der Waals surface area (Å²) in [6, 6.07) is 22.4. The number of carbonyl (C=O) groups excluding carboxylic acids is 1. The summed E-state index contributed by atoms with van der Waals surface area (Å²) >= 11 is 0. The summed E-state index contributed by atoms with van der Waals surface area (Å²) in [4.78, 5) is 19.3. The van der Waals surface area contributed by atoms with Crippen molar-refractivity contribution in [1.29, 1.82) is 0 Å². The molecule has 5 nitrogen and oxygen atoms in total. The molecule has 0 aliphatic carbocycles. The molecule has 3 aromatic rings. The Labute approximate surface area is 196 Å². The summed E-state index contributed by atoms with van der Waals surface area (Å²) in [5, 5.41) is 3.05. The van der Waals surface area contributed by atoms with Crippen molar-refractivity contribution in [3.8, 4) is 5.75 Å². The van der Waals surface area contributed by atoms with E-state index in [2.05, 4.69) is 45.5 Å². The Kier molecular flexibility index (Phi) is 8.48. The van der Waals surface area contributed by atoms with Crippen LogP contribution in [0.4, 0.5) is 0 Å². The van der Waals surface area contributed by atoms with E-state index in [1.54, 1.807) is 18.5 Å². The van der Waals surface area contributed by atoms with Crippen LogP contribution in [0.2, 0.25) is 0 Å². The number of hydrogen-bond donors (Lipinski definition) is 1. The molecule has 0 unspecified atom stereocenters. The molecular weight excluding hydrogens is 410 g/mol. The highest BCUT2D eigenvalue weighted by Gasteiger charge is 2.19. The Morgan fingerprint density at radius 2 is 1.67 bits per heavy atom. The van der Waals surface area contributed by atoms with Crippen LogP contribution in [0, 0.1) is 5.92 Å². The number of nitrogens with zero attached hydrogens (tertiary/aromatic N) is 2. The molecule has 1 amide bonds. The number of aryl methyl sites for hydroxylation is 1. The molecule has 1 N–H and O–H groups in total. The molecule has 0 radical (unpaired) electrons. The maximum absolute atomic E-state index is 12.8. The monoisotopic (exact) mass is 443 g/mol. The number of piperidine rings is 1. The maximum Gasteiger partial charge on any atom is 0.255 e. The van der Waals surface area contributed by atoms with Crippen LogP contribution in [0.25, 0.3) is 0 Å². The zero-order valence-electron chi connectivity index (χ0n) is 19.2. The maximum atomic E-state index is 12.8. The molecule has 33 heavy (non-hydrogen) atoms. The van der Waals surface area contributed by atoms with Gasteiger partial charge in [-0.1, -0.05) is 60.7 Å². The lowest BCUT2D eigenvalue weighted by Crippen LogP contribution is -2.39. The molecular formula is C28H33N3O2. The number of hydrogen-bond acceptors (Lipinski definition) is 4. The van der Waals surface area contributed by atoms with Crippen molar-refractivity contribution in [3.05, 3.63) is 95.8 Å². The predicted molar refractivity (Wildman–Crippen MR) is 131 cm³/mol. The van der Waals surface area contributed by atoms with Crippen LogP contribution in [-0.4, -0.2) is 42.0 Å². The molecule has 1 aliphatic rings. The second-order valence-corrected chi connectivity index (χ2v) is 8.71. The van der Waals surface area contributed by atoms with Gasteiger partial charge in [0.05, 0.1) is 11.8 Å². The first-order valence-electron chi connectivity index (χ1n) is 11.9. The molecule has 0 atom stereocenters. The Balaban J connectivity index is 1.17. The topological polar surface area (TPSA) is 54.5 Å². The van der Waals surface area contributed by atoms with Gasteiger partial charge in [0.25, 0.3) is 5.91 Å². The number of aromatic nitrogens is 1. The summed E-state index contributed by atoms with van der Waals surface area (Å²) in [6.07, 6.45) is 8.15. The van der Waals surface area contributed by atoms with Gasteiger partial charge in [-0.2, -0.15) is 0 Å². The molecule has 2 heterocycles. The average Bonchev–Trinajstić information content (AvgIpc) is 2.88. The lowest BCUT2D eigenvalue weighted by molar-refractivity contribution is 0.0939. The first-order valence-corrected chi connectivity index (χ1v) is 11.9. The largest absolute Gasteiger partial charge is 0.486 e. The fourth-order valence-electron chi connectivity index (χ4n) is 4.35. The van der Waals surface area contributed by atoms with E-state index in [0.29, 0.717) is 24.5 Å². The third kappa shape index (κ3) is 7.16. The molecule has 1 fully saturated rings. The molecule has 0 saturated carbocycles. The van der Waals surface area contributed by atoms with Gasteiger partial charge >= 0.3 is 0 Å². The molecule has 0 spiro atoms. The lowest BCUT2D eigenvalue weighted by atomic mass is 9.90. The fourth-order valence-corrected chi connectivity index (χ4v) is 4.35. The molecule has 1 aromatic heterocycles. The number of ether oxygens (including phenoxy) is 1. The average molecular weight is 444 g/mol. The van der Waals surface area contributed by atoms with Gasteiger partial charge in [0.1, 0.15) is 6.61 Å². The van der Waals surface area contributed by atoms with Gasteiger partial charge in [-0.25, -0.2) is 0 Å². The third-order valence-electron chi connectivity index (χ3n) is 6.37. The Morgan fingerprint density at radius 1 is 0.970 bits per heavy atom. The van der Waals surface area contributed by atoms with Crippen LogP contribution >= 0.6 is 0 Å². The van der Waals surface area contributed by atoms with E-state index < -0.39 is 0 Å².